The molecule has 3 nitrogen and oxygen atoms in total. The van der Waals surface area contributed by atoms with Gasteiger partial charge in [-0.25, -0.2) is 9.78 Å². The van der Waals surface area contributed by atoms with Gasteiger partial charge in [-0.15, -0.1) is 0 Å². The number of rotatable bonds is 2. The molecule has 1 aromatic heterocycles. The molecule has 1 heterocycles. The van der Waals surface area contributed by atoms with Crippen LogP contribution in [0.25, 0.3) is 0 Å². The molecular weight excluding hydrogens is 312 g/mol. The number of carbonyl (C=O) groups excluding carboxylic acids is 1. The zero-order chi connectivity index (χ0) is 9.14. The largest absolute Gasteiger partial charge is 0.462 e. The highest BCUT2D eigenvalue weighted by Crippen LogP contribution is 2.24. The molecule has 0 saturated heterocycles. The second-order valence-corrected chi connectivity index (χ2v) is 4.41. The molecule has 0 saturated carbocycles. The number of thiazole rings is 1. The number of aromatic nitrogens is 1. The highest BCUT2D eigenvalue weighted by molar-refractivity contribution is 14.1. The first-order valence-corrected chi connectivity index (χ1v) is 5.41. The van der Waals surface area contributed by atoms with E-state index in [1.54, 1.807) is 6.92 Å². The zero-order valence-corrected chi connectivity index (χ0v) is 9.86. The van der Waals surface area contributed by atoms with E-state index in [0.29, 0.717) is 19.7 Å². The molecule has 6 heteroatoms. The van der Waals surface area contributed by atoms with Crippen LogP contribution in [-0.4, -0.2) is 17.6 Å². The number of carbonyl (C=O) groups is 1. The molecular formula is C6H5ClINO2S. The van der Waals surface area contributed by atoms with Crippen LogP contribution in [0.1, 0.15) is 16.6 Å². The fourth-order valence-corrected chi connectivity index (χ4v) is 2.59. The van der Waals surface area contributed by atoms with E-state index in [1.165, 1.54) is 0 Å². The third kappa shape index (κ3) is 2.30. The number of nitrogens with zero attached hydrogens (tertiary/aromatic N) is 1. The molecule has 1 aromatic rings. The minimum absolute atomic E-state index is 0.355. The van der Waals surface area contributed by atoms with Crippen LogP contribution in [0.3, 0.4) is 0 Å². The van der Waals surface area contributed by atoms with Crippen LogP contribution >= 0.6 is 45.5 Å². The van der Waals surface area contributed by atoms with E-state index >= 15 is 0 Å². The fraction of sp³-hybridized carbons (Fsp3) is 0.333. The summed E-state index contributed by atoms with van der Waals surface area (Å²) in [6.07, 6.45) is 0. The molecule has 0 radical (unpaired) electrons. The summed E-state index contributed by atoms with van der Waals surface area (Å²) in [5.74, 6) is -0.355. The summed E-state index contributed by atoms with van der Waals surface area (Å²) >= 11 is 8.69. The van der Waals surface area contributed by atoms with Gasteiger partial charge in [0.1, 0.15) is 8.58 Å². The first-order valence-electron chi connectivity index (χ1n) is 3.14. The van der Waals surface area contributed by atoms with Crippen LogP contribution in [0, 0.1) is 3.70 Å². The maximum atomic E-state index is 11.2. The van der Waals surface area contributed by atoms with Gasteiger partial charge in [0.05, 0.1) is 6.61 Å². The monoisotopic (exact) mass is 317 g/mol. The summed E-state index contributed by atoms with van der Waals surface area (Å²) in [7, 11) is 0. The minimum Gasteiger partial charge on any atom is -0.462 e. The molecule has 0 aliphatic rings. The van der Waals surface area contributed by atoms with Crippen molar-refractivity contribution in [3.05, 3.63) is 13.0 Å². The topological polar surface area (TPSA) is 39.2 Å². The molecule has 0 aromatic carbocycles. The summed E-state index contributed by atoms with van der Waals surface area (Å²) in [5.41, 5.74) is 0. The molecule has 1 rings (SSSR count). The van der Waals surface area contributed by atoms with E-state index in [4.69, 9.17) is 16.3 Å². The van der Waals surface area contributed by atoms with Crippen molar-refractivity contribution in [2.24, 2.45) is 0 Å². The van der Waals surface area contributed by atoms with Gasteiger partial charge >= 0.3 is 5.97 Å². The van der Waals surface area contributed by atoms with Gasteiger partial charge in [0, 0.05) is 0 Å². The van der Waals surface area contributed by atoms with E-state index in [9.17, 15) is 4.79 Å². The van der Waals surface area contributed by atoms with Crippen molar-refractivity contribution in [3.8, 4) is 0 Å². The lowest BCUT2D eigenvalue weighted by Crippen LogP contribution is -2.03. The summed E-state index contributed by atoms with van der Waals surface area (Å²) in [6, 6.07) is 0. The van der Waals surface area contributed by atoms with Gasteiger partial charge in [-0.2, -0.15) is 0 Å². The van der Waals surface area contributed by atoms with Gasteiger partial charge < -0.3 is 4.74 Å². The molecule has 0 N–H and O–H groups in total. The van der Waals surface area contributed by atoms with Crippen molar-refractivity contribution in [2.45, 2.75) is 6.92 Å². The van der Waals surface area contributed by atoms with Crippen molar-refractivity contribution in [1.82, 2.24) is 4.98 Å². The maximum absolute atomic E-state index is 11.2. The molecule has 0 aliphatic heterocycles. The van der Waals surface area contributed by atoms with Gasteiger partial charge in [0.25, 0.3) is 0 Å². The third-order valence-electron chi connectivity index (χ3n) is 1.02. The van der Waals surface area contributed by atoms with E-state index in [1.807, 2.05) is 22.6 Å². The minimum atomic E-state index is -0.355. The van der Waals surface area contributed by atoms with Gasteiger partial charge in [-0.05, 0) is 29.5 Å². The fourth-order valence-electron chi connectivity index (χ4n) is 0.600. The molecule has 0 bridgehead atoms. The molecule has 0 unspecified atom stereocenters. The quantitative estimate of drug-likeness (QED) is 0.622. The normalized spacial score (nSPS) is 9.92. The second-order valence-electron chi connectivity index (χ2n) is 1.81. The van der Waals surface area contributed by atoms with Crippen LogP contribution in [0.4, 0.5) is 0 Å². The van der Waals surface area contributed by atoms with Crippen molar-refractivity contribution in [2.75, 3.05) is 6.61 Å². The molecule has 0 amide bonds. The molecule has 12 heavy (non-hydrogen) atoms. The SMILES string of the molecule is CCOC(=O)c1sc(Cl)nc1I. The number of ether oxygens (including phenoxy) is 1. The summed E-state index contributed by atoms with van der Waals surface area (Å²) in [5, 5.41) is 0. The van der Waals surface area contributed by atoms with Crippen LogP contribution in [0.15, 0.2) is 0 Å². The summed E-state index contributed by atoms with van der Waals surface area (Å²) in [6.45, 7) is 2.12. The number of esters is 1. The Bertz CT molecular complexity index is 302. The lowest BCUT2D eigenvalue weighted by molar-refractivity contribution is 0.0530. The van der Waals surface area contributed by atoms with Crippen LogP contribution in [-0.2, 0) is 4.74 Å². The number of hydrogen-bond donors (Lipinski definition) is 0. The van der Waals surface area contributed by atoms with Crippen molar-refractivity contribution in [1.29, 1.82) is 0 Å². The molecule has 0 spiro atoms. The Morgan fingerprint density at radius 1 is 1.83 bits per heavy atom. The van der Waals surface area contributed by atoms with Gasteiger partial charge in [-0.3, -0.25) is 0 Å². The Kier molecular flexibility index (Phi) is 3.73. The van der Waals surface area contributed by atoms with E-state index in [-0.39, 0.29) is 5.97 Å². The Morgan fingerprint density at radius 2 is 2.50 bits per heavy atom. The van der Waals surface area contributed by atoms with Gasteiger partial charge in [0.2, 0.25) is 0 Å². The lowest BCUT2D eigenvalue weighted by Gasteiger charge is -1.96. The Morgan fingerprint density at radius 3 is 2.92 bits per heavy atom. The molecule has 0 fully saturated rings. The Hall–Kier alpha value is 0.120. The average Bonchev–Trinajstić information content (AvgIpc) is 2.30. The van der Waals surface area contributed by atoms with Crippen molar-refractivity contribution >= 4 is 51.5 Å². The Labute approximate surface area is 92.2 Å². The molecule has 0 atom stereocenters. The number of hydrogen-bond acceptors (Lipinski definition) is 4. The van der Waals surface area contributed by atoms with E-state index in [0.717, 1.165) is 11.3 Å². The average molecular weight is 318 g/mol. The predicted octanol–water partition coefficient (Wildman–Crippen LogP) is 2.58. The second kappa shape index (κ2) is 4.38. The van der Waals surface area contributed by atoms with Crippen LogP contribution < -0.4 is 0 Å². The zero-order valence-electron chi connectivity index (χ0n) is 6.13. The summed E-state index contributed by atoms with van der Waals surface area (Å²) in [4.78, 5) is 15.5. The molecule has 0 aliphatic carbocycles. The predicted molar refractivity (Wildman–Crippen MR) is 55.8 cm³/mol. The van der Waals surface area contributed by atoms with Gasteiger partial charge in [0.15, 0.2) is 4.47 Å². The van der Waals surface area contributed by atoms with Gasteiger partial charge in [-0.1, -0.05) is 22.9 Å². The van der Waals surface area contributed by atoms with Crippen LogP contribution in [0.2, 0.25) is 4.47 Å². The van der Waals surface area contributed by atoms with Crippen molar-refractivity contribution in [3.63, 3.8) is 0 Å². The van der Waals surface area contributed by atoms with Crippen molar-refractivity contribution < 1.29 is 9.53 Å². The smallest absolute Gasteiger partial charge is 0.351 e. The van der Waals surface area contributed by atoms with E-state index < -0.39 is 0 Å². The lowest BCUT2D eigenvalue weighted by atomic mass is 10.6. The maximum Gasteiger partial charge on any atom is 0.351 e. The third-order valence-corrected chi connectivity index (χ3v) is 3.31. The van der Waals surface area contributed by atoms with Crippen LogP contribution in [0.5, 0.6) is 0 Å². The Balaban J connectivity index is 2.87. The number of halogens is 2. The highest BCUT2D eigenvalue weighted by atomic mass is 127. The summed E-state index contributed by atoms with van der Waals surface area (Å²) < 4.78 is 5.75. The molecule has 66 valence electrons. The van der Waals surface area contributed by atoms with E-state index in [2.05, 4.69) is 4.98 Å². The standard InChI is InChI=1S/C6H5ClINO2S/c1-2-11-5(10)3-4(8)9-6(7)12-3/h2H2,1H3. The highest BCUT2D eigenvalue weighted by Gasteiger charge is 2.16. The first kappa shape index (κ1) is 10.2. The first-order chi connectivity index (χ1) is 5.65.